The van der Waals surface area contributed by atoms with Crippen LogP contribution in [0.4, 0.5) is 5.69 Å². The summed E-state index contributed by atoms with van der Waals surface area (Å²) in [7, 11) is 1.52. The molecule has 2 aromatic carbocycles. The molecule has 0 spiro atoms. The Morgan fingerprint density at radius 1 is 1.20 bits per heavy atom. The summed E-state index contributed by atoms with van der Waals surface area (Å²) in [4.78, 5) is 0. The number of rotatable bonds is 5. The first-order valence-corrected chi connectivity index (χ1v) is 6.92. The summed E-state index contributed by atoms with van der Waals surface area (Å²) < 4.78 is 5.71. The first-order valence-electron chi connectivity index (χ1n) is 6.13. The topological polar surface area (TPSA) is 61.7 Å². The molecule has 0 saturated heterocycles. The third-order valence-electron chi connectivity index (χ3n) is 2.91. The van der Waals surface area contributed by atoms with Gasteiger partial charge in [-0.25, -0.2) is 0 Å². The molecule has 0 aliphatic rings. The van der Waals surface area contributed by atoms with E-state index in [1.807, 2.05) is 30.3 Å². The van der Waals surface area contributed by atoms with Crippen LogP contribution in [0.3, 0.4) is 0 Å². The molecule has 0 amide bonds. The van der Waals surface area contributed by atoms with E-state index in [4.69, 9.17) is 9.84 Å². The Bertz CT molecular complexity index is 602. The van der Waals surface area contributed by atoms with E-state index in [-0.39, 0.29) is 12.4 Å². The van der Waals surface area contributed by atoms with Crippen LogP contribution >= 0.6 is 15.9 Å². The second-order valence-corrected chi connectivity index (χ2v) is 5.19. The van der Waals surface area contributed by atoms with Crippen LogP contribution in [-0.2, 0) is 13.2 Å². The molecule has 0 aliphatic carbocycles. The van der Waals surface area contributed by atoms with Crippen molar-refractivity contribution >= 4 is 21.6 Å². The summed E-state index contributed by atoms with van der Waals surface area (Å²) in [5, 5.41) is 22.1. The van der Waals surface area contributed by atoms with Gasteiger partial charge in [0, 0.05) is 12.2 Å². The number of phenols is 1. The van der Waals surface area contributed by atoms with Crippen LogP contribution in [-0.4, -0.2) is 17.3 Å². The van der Waals surface area contributed by atoms with Crippen molar-refractivity contribution in [2.24, 2.45) is 0 Å². The van der Waals surface area contributed by atoms with E-state index in [1.165, 1.54) is 7.11 Å². The first kappa shape index (κ1) is 14.7. The largest absolute Gasteiger partial charge is 0.503 e. The van der Waals surface area contributed by atoms with Crippen molar-refractivity contribution in [3.05, 3.63) is 52.0 Å². The number of benzene rings is 2. The van der Waals surface area contributed by atoms with Gasteiger partial charge in [0.25, 0.3) is 0 Å². The average Bonchev–Trinajstić information content (AvgIpc) is 2.48. The molecule has 3 N–H and O–H groups in total. The van der Waals surface area contributed by atoms with Crippen molar-refractivity contribution in [1.29, 1.82) is 0 Å². The van der Waals surface area contributed by atoms with Gasteiger partial charge in [0.1, 0.15) is 0 Å². The molecule has 0 saturated carbocycles. The van der Waals surface area contributed by atoms with Crippen LogP contribution in [0, 0.1) is 0 Å². The predicted octanol–water partition coefficient (Wildman–Crippen LogP) is 3.27. The van der Waals surface area contributed by atoms with E-state index in [0.29, 0.717) is 16.8 Å². The highest BCUT2D eigenvalue weighted by Gasteiger charge is 2.08. The summed E-state index contributed by atoms with van der Waals surface area (Å²) in [6, 6.07) is 11.2. The molecule has 0 aromatic heterocycles. The van der Waals surface area contributed by atoms with Crippen molar-refractivity contribution in [1.82, 2.24) is 0 Å². The van der Waals surface area contributed by atoms with Gasteiger partial charge in [-0.1, -0.05) is 12.1 Å². The van der Waals surface area contributed by atoms with Gasteiger partial charge in [0.2, 0.25) is 0 Å². The van der Waals surface area contributed by atoms with E-state index >= 15 is 0 Å². The Morgan fingerprint density at radius 3 is 2.70 bits per heavy atom. The number of nitrogens with one attached hydrogen (secondary N) is 1. The van der Waals surface area contributed by atoms with E-state index in [9.17, 15) is 5.11 Å². The van der Waals surface area contributed by atoms with Gasteiger partial charge >= 0.3 is 0 Å². The molecule has 2 rings (SSSR count). The fourth-order valence-electron chi connectivity index (χ4n) is 1.87. The highest BCUT2D eigenvalue weighted by Crippen LogP contribution is 2.35. The number of aliphatic hydroxyl groups is 1. The molecule has 0 bridgehead atoms. The van der Waals surface area contributed by atoms with Gasteiger partial charge in [-0.2, -0.15) is 0 Å². The number of aliphatic hydroxyl groups excluding tert-OH is 1. The minimum absolute atomic E-state index is 0.0219. The van der Waals surface area contributed by atoms with Gasteiger partial charge in [-0.05, 0) is 51.3 Å². The van der Waals surface area contributed by atoms with E-state index < -0.39 is 0 Å². The van der Waals surface area contributed by atoms with Crippen LogP contribution in [0.25, 0.3) is 0 Å². The first-order chi connectivity index (χ1) is 9.63. The van der Waals surface area contributed by atoms with Crippen LogP contribution in [0.5, 0.6) is 11.5 Å². The molecule has 0 heterocycles. The van der Waals surface area contributed by atoms with Crippen molar-refractivity contribution < 1.29 is 14.9 Å². The average molecular weight is 338 g/mol. The second kappa shape index (κ2) is 6.63. The second-order valence-electron chi connectivity index (χ2n) is 4.34. The van der Waals surface area contributed by atoms with E-state index in [1.54, 1.807) is 6.07 Å². The Labute approximate surface area is 126 Å². The van der Waals surface area contributed by atoms with Gasteiger partial charge in [-0.3, -0.25) is 0 Å². The number of halogens is 1. The Morgan fingerprint density at radius 2 is 2.00 bits per heavy atom. The SMILES string of the molecule is COc1cc(CNc2cccc(CO)c2)cc(Br)c1O. The zero-order valence-corrected chi connectivity index (χ0v) is 12.6. The number of hydrogen-bond donors (Lipinski definition) is 3. The third kappa shape index (κ3) is 3.43. The lowest BCUT2D eigenvalue weighted by molar-refractivity contribution is 0.282. The minimum Gasteiger partial charge on any atom is -0.503 e. The molecule has 0 unspecified atom stereocenters. The quantitative estimate of drug-likeness (QED) is 0.783. The molecule has 5 heteroatoms. The zero-order chi connectivity index (χ0) is 14.5. The third-order valence-corrected chi connectivity index (χ3v) is 3.52. The predicted molar refractivity (Wildman–Crippen MR) is 82.1 cm³/mol. The smallest absolute Gasteiger partial charge is 0.172 e. The molecule has 4 nitrogen and oxygen atoms in total. The lowest BCUT2D eigenvalue weighted by Crippen LogP contribution is -2.00. The maximum atomic E-state index is 9.76. The van der Waals surface area contributed by atoms with Crippen molar-refractivity contribution in [3.8, 4) is 11.5 Å². The molecular formula is C15H16BrNO3. The van der Waals surface area contributed by atoms with Gasteiger partial charge in [0.05, 0.1) is 18.2 Å². The molecule has 0 radical (unpaired) electrons. The summed E-state index contributed by atoms with van der Waals surface area (Å²) in [6.07, 6.45) is 0. The van der Waals surface area contributed by atoms with Crippen LogP contribution in [0.1, 0.15) is 11.1 Å². The number of methoxy groups -OCH3 is 1. The normalized spacial score (nSPS) is 10.3. The number of aromatic hydroxyl groups is 1. The van der Waals surface area contributed by atoms with Gasteiger partial charge in [0.15, 0.2) is 11.5 Å². The minimum atomic E-state index is 0.0219. The monoisotopic (exact) mass is 337 g/mol. The van der Waals surface area contributed by atoms with Gasteiger partial charge in [-0.15, -0.1) is 0 Å². The molecule has 106 valence electrons. The number of hydrogen-bond acceptors (Lipinski definition) is 4. The highest BCUT2D eigenvalue weighted by atomic mass is 79.9. The lowest BCUT2D eigenvalue weighted by Gasteiger charge is -2.11. The van der Waals surface area contributed by atoms with Crippen molar-refractivity contribution in [2.45, 2.75) is 13.2 Å². The number of ether oxygens (including phenoxy) is 1. The molecule has 0 aliphatic heterocycles. The molecule has 20 heavy (non-hydrogen) atoms. The maximum Gasteiger partial charge on any atom is 0.172 e. The summed E-state index contributed by atoms with van der Waals surface area (Å²) >= 11 is 3.30. The van der Waals surface area contributed by atoms with E-state index in [2.05, 4.69) is 21.2 Å². The number of phenolic OH excluding ortho intramolecular Hbond substituents is 1. The Balaban J connectivity index is 2.12. The fraction of sp³-hybridized carbons (Fsp3) is 0.200. The zero-order valence-electron chi connectivity index (χ0n) is 11.1. The summed E-state index contributed by atoms with van der Waals surface area (Å²) in [5.74, 6) is 0.527. The van der Waals surface area contributed by atoms with E-state index in [0.717, 1.165) is 16.8 Å². The molecular weight excluding hydrogens is 322 g/mol. The number of anilines is 1. The molecule has 0 atom stereocenters. The lowest BCUT2D eigenvalue weighted by atomic mass is 10.1. The van der Waals surface area contributed by atoms with Crippen molar-refractivity contribution in [3.63, 3.8) is 0 Å². The highest BCUT2D eigenvalue weighted by molar-refractivity contribution is 9.10. The molecule has 2 aromatic rings. The van der Waals surface area contributed by atoms with Gasteiger partial charge < -0.3 is 20.3 Å². The summed E-state index contributed by atoms with van der Waals surface area (Å²) in [5.41, 5.74) is 2.76. The Hall–Kier alpha value is -1.72. The maximum absolute atomic E-state index is 9.76. The van der Waals surface area contributed by atoms with Crippen LogP contribution < -0.4 is 10.1 Å². The van der Waals surface area contributed by atoms with Crippen molar-refractivity contribution in [2.75, 3.05) is 12.4 Å². The fourth-order valence-corrected chi connectivity index (χ4v) is 2.36. The summed E-state index contributed by atoms with van der Waals surface area (Å²) in [6.45, 7) is 0.609. The molecule has 0 fully saturated rings. The van der Waals surface area contributed by atoms with Crippen LogP contribution in [0.2, 0.25) is 0 Å². The standard InChI is InChI=1S/C15H16BrNO3/c1-20-14-7-11(6-13(16)15(14)19)8-17-12-4-2-3-10(5-12)9-18/h2-7,17-19H,8-9H2,1H3. The van der Waals surface area contributed by atoms with Crippen LogP contribution in [0.15, 0.2) is 40.9 Å². The Kier molecular flexibility index (Phi) is 4.87.